The van der Waals surface area contributed by atoms with Gasteiger partial charge in [-0.2, -0.15) is 13.2 Å². The van der Waals surface area contributed by atoms with Gasteiger partial charge in [0.2, 0.25) is 0 Å². The Morgan fingerprint density at radius 3 is 2.75 bits per heavy atom. The van der Waals surface area contributed by atoms with E-state index in [0.29, 0.717) is 18.7 Å². The molecule has 0 bridgehead atoms. The summed E-state index contributed by atoms with van der Waals surface area (Å²) in [4.78, 5) is 3.81. The topological polar surface area (TPSA) is 48.1 Å². The highest BCUT2D eigenvalue weighted by Crippen LogP contribution is 2.14. The Kier molecular flexibility index (Phi) is 4.54. The van der Waals surface area contributed by atoms with Crippen LogP contribution in [0.4, 0.5) is 19.0 Å². The highest BCUT2D eigenvalue weighted by atomic mass is 19.4. The van der Waals surface area contributed by atoms with Crippen molar-refractivity contribution >= 4 is 5.82 Å². The molecule has 1 aromatic rings. The van der Waals surface area contributed by atoms with Gasteiger partial charge in [0.05, 0.1) is 0 Å². The Morgan fingerprint density at radius 1 is 1.38 bits per heavy atom. The fraction of sp³-hybridized carbons (Fsp3) is 0.500. The molecule has 0 spiro atoms. The first-order valence-corrected chi connectivity index (χ1v) is 4.82. The summed E-state index contributed by atoms with van der Waals surface area (Å²) in [6, 6.07) is 3.48. The van der Waals surface area contributed by atoms with Crippen LogP contribution in [0.1, 0.15) is 12.0 Å². The second-order valence-electron chi connectivity index (χ2n) is 3.36. The van der Waals surface area contributed by atoms with Crippen molar-refractivity contribution in [2.45, 2.75) is 19.0 Å². The molecule has 0 amide bonds. The van der Waals surface area contributed by atoms with Crippen molar-refractivity contribution in [1.29, 1.82) is 0 Å². The Balaban J connectivity index is 2.17. The van der Waals surface area contributed by atoms with Crippen LogP contribution in [-0.4, -0.2) is 24.4 Å². The summed E-state index contributed by atoms with van der Waals surface area (Å²) in [5.74, 6) is 0.411. The highest BCUT2D eigenvalue weighted by Gasteiger charge is 2.27. The number of pyridine rings is 1. The largest absolute Gasteiger partial charge is 0.411 e. The zero-order valence-corrected chi connectivity index (χ0v) is 8.63. The maximum atomic E-state index is 11.7. The summed E-state index contributed by atoms with van der Waals surface area (Å²) in [6.45, 7) is -1.10. The molecule has 0 saturated carbocycles. The lowest BCUT2D eigenvalue weighted by Gasteiger charge is -2.07. The van der Waals surface area contributed by atoms with Crippen LogP contribution in [0.25, 0.3) is 0 Å². The van der Waals surface area contributed by atoms with Gasteiger partial charge < -0.3 is 10.5 Å². The van der Waals surface area contributed by atoms with Crippen molar-refractivity contribution in [1.82, 2.24) is 4.98 Å². The smallest absolute Gasteiger partial charge is 0.384 e. The van der Waals surface area contributed by atoms with Gasteiger partial charge in [0, 0.05) is 12.8 Å². The van der Waals surface area contributed by atoms with Crippen molar-refractivity contribution in [2.75, 3.05) is 18.9 Å². The van der Waals surface area contributed by atoms with Crippen LogP contribution in [0.15, 0.2) is 18.3 Å². The minimum Gasteiger partial charge on any atom is -0.384 e. The summed E-state index contributed by atoms with van der Waals surface area (Å²) < 4.78 is 39.6. The second-order valence-corrected chi connectivity index (χ2v) is 3.36. The number of nitrogen functional groups attached to an aromatic ring is 1. The van der Waals surface area contributed by atoms with Gasteiger partial charge in [-0.3, -0.25) is 0 Å². The molecular formula is C10H13F3N2O. The highest BCUT2D eigenvalue weighted by molar-refractivity contribution is 5.31. The van der Waals surface area contributed by atoms with Gasteiger partial charge in [-0.25, -0.2) is 4.98 Å². The molecule has 0 atom stereocenters. The van der Waals surface area contributed by atoms with Crippen LogP contribution >= 0.6 is 0 Å². The maximum Gasteiger partial charge on any atom is 0.411 e. The minimum absolute atomic E-state index is 0.0851. The maximum absolute atomic E-state index is 11.7. The average molecular weight is 234 g/mol. The molecule has 1 heterocycles. The lowest BCUT2D eigenvalue weighted by atomic mass is 10.1. The van der Waals surface area contributed by atoms with Crippen LogP contribution in [-0.2, 0) is 11.2 Å². The van der Waals surface area contributed by atoms with Crippen molar-refractivity contribution in [3.63, 3.8) is 0 Å². The van der Waals surface area contributed by atoms with E-state index in [2.05, 4.69) is 9.72 Å². The van der Waals surface area contributed by atoms with Crippen LogP contribution in [0.2, 0.25) is 0 Å². The number of nitrogens with two attached hydrogens (primary N) is 1. The molecule has 0 aliphatic carbocycles. The first-order valence-electron chi connectivity index (χ1n) is 4.82. The van der Waals surface area contributed by atoms with Gasteiger partial charge in [-0.1, -0.05) is 0 Å². The molecule has 1 aromatic heterocycles. The number of aromatic nitrogens is 1. The second kappa shape index (κ2) is 5.69. The van der Waals surface area contributed by atoms with Crippen LogP contribution in [0, 0.1) is 0 Å². The van der Waals surface area contributed by atoms with Crippen LogP contribution < -0.4 is 5.73 Å². The molecule has 1 rings (SSSR count). The molecule has 0 radical (unpaired) electrons. The number of nitrogens with zero attached hydrogens (tertiary/aromatic N) is 1. The molecule has 0 aliphatic rings. The Bertz CT molecular complexity index is 328. The zero-order valence-electron chi connectivity index (χ0n) is 8.63. The molecular weight excluding hydrogens is 221 g/mol. The predicted octanol–water partition coefficient (Wildman–Crippen LogP) is 2.18. The number of halogens is 3. The monoisotopic (exact) mass is 234 g/mol. The van der Waals surface area contributed by atoms with E-state index in [-0.39, 0.29) is 6.61 Å². The van der Waals surface area contributed by atoms with Gasteiger partial charge >= 0.3 is 6.18 Å². The number of hydrogen-bond donors (Lipinski definition) is 1. The molecule has 0 unspecified atom stereocenters. The van der Waals surface area contributed by atoms with Crippen molar-refractivity contribution in [3.05, 3.63) is 23.9 Å². The van der Waals surface area contributed by atoms with E-state index < -0.39 is 12.8 Å². The molecule has 90 valence electrons. The Morgan fingerprint density at radius 2 is 2.12 bits per heavy atom. The molecule has 16 heavy (non-hydrogen) atoms. The van der Waals surface area contributed by atoms with Crippen molar-refractivity contribution in [2.24, 2.45) is 0 Å². The van der Waals surface area contributed by atoms with Crippen LogP contribution in [0.3, 0.4) is 0 Å². The summed E-state index contributed by atoms with van der Waals surface area (Å²) in [7, 11) is 0. The first-order chi connectivity index (χ1) is 7.47. The van der Waals surface area contributed by atoms with E-state index in [1.165, 1.54) is 0 Å². The molecule has 6 heteroatoms. The summed E-state index contributed by atoms with van der Waals surface area (Å²) in [5, 5.41) is 0. The quantitative estimate of drug-likeness (QED) is 0.794. The van der Waals surface area contributed by atoms with E-state index in [4.69, 9.17) is 5.73 Å². The standard InChI is InChI=1S/C10H13F3N2O/c11-10(12,13)7-16-5-1-2-8-3-4-15-9(14)6-8/h3-4,6H,1-2,5,7H2,(H2,14,15). The summed E-state index contributed by atoms with van der Waals surface area (Å²) in [6.07, 6.45) is -1.52. The number of alkyl halides is 3. The van der Waals surface area contributed by atoms with Gasteiger partial charge in [-0.15, -0.1) is 0 Å². The molecule has 0 aromatic carbocycles. The molecule has 0 aliphatic heterocycles. The normalized spacial score (nSPS) is 11.7. The molecule has 0 fully saturated rings. The minimum atomic E-state index is -4.25. The Hall–Kier alpha value is -1.30. The van der Waals surface area contributed by atoms with Crippen molar-refractivity contribution < 1.29 is 17.9 Å². The van der Waals surface area contributed by atoms with Crippen molar-refractivity contribution in [3.8, 4) is 0 Å². The number of ether oxygens (including phenoxy) is 1. The zero-order chi connectivity index (χ0) is 12.0. The summed E-state index contributed by atoms with van der Waals surface area (Å²) >= 11 is 0. The van der Waals surface area contributed by atoms with Gasteiger partial charge in [-0.05, 0) is 30.5 Å². The molecule has 0 saturated heterocycles. The van der Waals surface area contributed by atoms with Gasteiger partial charge in [0.15, 0.2) is 0 Å². The van der Waals surface area contributed by atoms with E-state index in [1.54, 1.807) is 18.3 Å². The van der Waals surface area contributed by atoms with E-state index >= 15 is 0 Å². The number of hydrogen-bond acceptors (Lipinski definition) is 3. The molecule has 3 nitrogen and oxygen atoms in total. The molecule has 2 N–H and O–H groups in total. The number of anilines is 1. The first kappa shape index (κ1) is 12.8. The van der Waals surface area contributed by atoms with E-state index in [9.17, 15) is 13.2 Å². The van der Waals surface area contributed by atoms with E-state index in [1.807, 2.05) is 0 Å². The third-order valence-corrected chi connectivity index (χ3v) is 1.87. The fourth-order valence-electron chi connectivity index (χ4n) is 1.22. The van der Waals surface area contributed by atoms with E-state index in [0.717, 1.165) is 5.56 Å². The lowest BCUT2D eigenvalue weighted by molar-refractivity contribution is -0.174. The predicted molar refractivity (Wildman–Crippen MR) is 53.8 cm³/mol. The lowest BCUT2D eigenvalue weighted by Crippen LogP contribution is -2.17. The number of rotatable bonds is 5. The van der Waals surface area contributed by atoms with Gasteiger partial charge in [0.25, 0.3) is 0 Å². The third-order valence-electron chi connectivity index (χ3n) is 1.87. The fourth-order valence-corrected chi connectivity index (χ4v) is 1.22. The number of aryl methyl sites for hydroxylation is 1. The van der Waals surface area contributed by atoms with Gasteiger partial charge in [0.1, 0.15) is 12.4 Å². The third kappa shape index (κ3) is 5.55. The SMILES string of the molecule is Nc1cc(CCCOCC(F)(F)F)ccn1. The average Bonchev–Trinajstić information content (AvgIpc) is 2.15. The summed E-state index contributed by atoms with van der Waals surface area (Å²) in [5.41, 5.74) is 6.40. The Labute approximate surface area is 91.4 Å². The van der Waals surface area contributed by atoms with Crippen LogP contribution in [0.5, 0.6) is 0 Å².